The molecule has 0 spiro atoms. The van der Waals surface area contributed by atoms with Gasteiger partial charge in [0.2, 0.25) is 0 Å². The van der Waals surface area contributed by atoms with Crippen LogP contribution in [0.4, 0.5) is 14.6 Å². The van der Waals surface area contributed by atoms with Gasteiger partial charge in [0.15, 0.2) is 17.3 Å². The number of nitrogens with one attached hydrogen (secondary N) is 1. The van der Waals surface area contributed by atoms with Gasteiger partial charge in [0, 0.05) is 42.0 Å². The second-order valence-electron chi connectivity index (χ2n) is 6.62. The van der Waals surface area contributed by atoms with Gasteiger partial charge in [-0.2, -0.15) is 4.39 Å². The summed E-state index contributed by atoms with van der Waals surface area (Å²) in [6, 6.07) is 4.79. The Kier molecular flexibility index (Phi) is 7.49. The van der Waals surface area contributed by atoms with E-state index in [1.807, 2.05) is 13.8 Å². The first kappa shape index (κ1) is 22.4. The number of hydrogen-bond acceptors (Lipinski definition) is 6. The Morgan fingerprint density at radius 2 is 2.06 bits per heavy atom. The molecule has 0 amide bonds. The number of rotatable bonds is 6. The molecule has 0 saturated carbocycles. The molecule has 0 atom stereocenters. The van der Waals surface area contributed by atoms with E-state index in [0.717, 1.165) is 5.69 Å². The summed E-state index contributed by atoms with van der Waals surface area (Å²) in [5, 5.41) is 2.84. The zero-order valence-electron chi connectivity index (χ0n) is 17.6. The van der Waals surface area contributed by atoms with Gasteiger partial charge >= 0.3 is 0 Å². The largest absolute Gasteiger partial charge is 0.363 e. The molecule has 1 N–H and O–H groups in total. The van der Waals surface area contributed by atoms with E-state index in [1.165, 1.54) is 24.8 Å². The summed E-state index contributed by atoms with van der Waals surface area (Å²) in [5.41, 5.74) is 2.64. The van der Waals surface area contributed by atoms with Gasteiger partial charge in [-0.15, -0.1) is 0 Å². The lowest BCUT2D eigenvalue weighted by Gasteiger charge is -2.09. The monoisotopic (exact) mass is 430 g/mol. The van der Waals surface area contributed by atoms with Gasteiger partial charge < -0.3 is 5.32 Å². The van der Waals surface area contributed by atoms with E-state index in [-0.39, 0.29) is 23.8 Å². The third kappa shape index (κ3) is 5.67. The highest BCUT2D eigenvalue weighted by Crippen LogP contribution is 2.22. The predicted molar refractivity (Wildman–Crippen MR) is 121 cm³/mol. The molecule has 32 heavy (non-hydrogen) atoms. The van der Waals surface area contributed by atoms with Crippen LogP contribution in [0.5, 0.6) is 0 Å². The van der Waals surface area contributed by atoms with E-state index in [2.05, 4.69) is 48.8 Å². The molecule has 3 heterocycles. The average Bonchev–Trinajstić information content (AvgIpc) is 2.78. The number of hydrogen-bond donors (Lipinski definition) is 1. The fourth-order valence-electron chi connectivity index (χ4n) is 2.77. The van der Waals surface area contributed by atoms with Crippen LogP contribution in [0.3, 0.4) is 0 Å². The summed E-state index contributed by atoms with van der Waals surface area (Å²) in [5.74, 6) is 4.21. The normalized spacial score (nSPS) is 11.2. The molecule has 0 aliphatic rings. The summed E-state index contributed by atoms with van der Waals surface area (Å²) in [6.07, 6.45) is 9.29. The quantitative estimate of drug-likeness (QED) is 0.350. The van der Waals surface area contributed by atoms with E-state index < -0.39 is 11.6 Å². The molecule has 0 aromatic carbocycles. The molecule has 0 fully saturated rings. The summed E-state index contributed by atoms with van der Waals surface area (Å²) in [7, 11) is 0. The van der Waals surface area contributed by atoms with Crippen LogP contribution in [0, 0.1) is 30.4 Å². The molecule has 3 aromatic heterocycles. The van der Waals surface area contributed by atoms with Crippen molar-refractivity contribution in [3.63, 3.8) is 0 Å². The number of aliphatic imine (C=N–C) groups is 1. The third-order valence-corrected chi connectivity index (χ3v) is 4.22. The van der Waals surface area contributed by atoms with Crippen molar-refractivity contribution >= 4 is 12.5 Å². The Balaban J connectivity index is 1.77. The molecule has 0 saturated heterocycles. The molecule has 0 aliphatic heterocycles. The maximum atomic E-state index is 14.7. The van der Waals surface area contributed by atoms with Crippen molar-refractivity contribution in [1.29, 1.82) is 0 Å². The topological polar surface area (TPSA) is 76.0 Å². The SMILES string of the molecule is C=N/C=C(C#Cc1ncnc(NCc2cnc(-c3ccnc(C)c3)c(F)c2)c1F)\C=C/C. The van der Waals surface area contributed by atoms with Crippen molar-refractivity contribution in [3.8, 4) is 23.1 Å². The van der Waals surface area contributed by atoms with E-state index in [0.29, 0.717) is 16.7 Å². The molecular formula is C24H20F2N6. The molecule has 3 rings (SSSR count). The Morgan fingerprint density at radius 1 is 1.22 bits per heavy atom. The molecule has 8 heteroatoms. The maximum Gasteiger partial charge on any atom is 0.199 e. The lowest BCUT2D eigenvalue weighted by molar-refractivity contribution is 0.611. The molecule has 3 aromatic rings. The van der Waals surface area contributed by atoms with Crippen molar-refractivity contribution < 1.29 is 8.78 Å². The maximum absolute atomic E-state index is 14.7. The fraction of sp³-hybridized carbons (Fsp3) is 0.125. The van der Waals surface area contributed by atoms with Gasteiger partial charge in [0.1, 0.15) is 17.8 Å². The minimum Gasteiger partial charge on any atom is -0.363 e. The van der Waals surface area contributed by atoms with Crippen molar-refractivity contribution in [2.45, 2.75) is 20.4 Å². The summed E-state index contributed by atoms with van der Waals surface area (Å²) >= 11 is 0. The zero-order chi connectivity index (χ0) is 22.9. The first-order valence-corrected chi connectivity index (χ1v) is 9.64. The molecule has 0 radical (unpaired) electrons. The van der Waals surface area contributed by atoms with Crippen LogP contribution in [-0.4, -0.2) is 26.7 Å². The van der Waals surface area contributed by atoms with E-state index in [1.54, 1.807) is 30.5 Å². The number of allylic oxidation sites excluding steroid dienone is 3. The Hall–Kier alpha value is -4.25. The summed E-state index contributed by atoms with van der Waals surface area (Å²) < 4.78 is 29.3. The highest BCUT2D eigenvalue weighted by Gasteiger charge is 2.12. The number of halogens is 2. The fourth-order valence-corrected chi connectivity index (χ4v) is 2.77. The van der Waals surface area contributed by atoms with Gasteiger partial charge in [-0.05, 0) is 56.3 Å². The summed E-state index contributed by atoms with van der Waals surface area (Å²) in [4.78, 5) is 19.8. The molecule has 0 unspecified atom stereocenters. The Bertz CT molecular complexity index is 1250. The van der Waals surface area contributed by atoms with Gasteiger partial charge in [-0.3, -0.25) is 15.0 Å². The van der Waals surface area contributed by atoms with Crippen LogP contribution in [0.1, 0.15) is 23.9 Å². The van der Waals surface area contributed by atoms with Crippen molar-refractivity contribution in [3.05, 3.63) is 89.4 Å². The van der Waals surface area contributed by atoms with Gasteiger partial charge in [-0.1, -0.05) is 12.0 Å². The van der Waals surface area contributed by atoms with Crippen molar-refractivity contribution in [1.82, 2.24) is 19.9 Å². The van der Waals surface area contributed by atoms with Crippen LogP contribution in [0.2, 0.25) is 0 Å². The average molecular weight is 430 g/mol. The lowest BCUT2D eigenvalue weighted by atomic mass is 10.1. The smallest absolute Gasteiger partial charge is 0.199 e. The van der Waals surface area contributed by atoms with Crippen molar-refractivity contribution in [2.24, 2.45) is 4.99 Å². The zero-order valence-corrected chi connectivity index (χ0v) is 17.6. The second kappa shape index (κ2) is 10.7. The Morgan fingerprint density at radius 3 is 2.78 bits per heavy atom. The van der Waals surface area contributed by atoms with E-state index >= 15 is 0 Å². The molecule has 0 bridgehead atoms. The van der Waals surface area contributed by atoms with Crippen molar-refractivity contribution in [2.75, 3.05) is 5.32 Å². The van der Waals surface area contributed by atoms with Crippen LogP contribution in [0.15, 0.2) is 65.8 Å². The van der Waals surface area contributed by atoms with E-state index in [4.69, 9.17) is 0 Å². The lowest BCUT2D eigenvalue weighted by Crippen LogP contribution is -2.07. The molecule has 160 valence electrons. The number of aryl methyl sites for hydroxylation is 1. The second-order valence-corrected chi connectivity index (χ2v) is 6.62. The number of aromatic nitrogens is 4. The van der Waals surface area contributed by atoms with Gasteiger partial charge in [0.05, 0.1) is 0 Å². The van der Waals surface area contributed by atoms with E-state index in [9.17, 15) is 8.78 Å². The summed E-state index contributed by atoms with van der Waals surface area (Å²) in [6.45, 7) is 7.15. The Labute approximate surface area is 184 Å². The predicted octanol–water partition coefficient (Wildman–Crippen LogP) is 4.64. The number of pyridine rings is 2. The van der Waals surface area contributed by atoms with Crippen LogP contribution in [-0.2, 0) is 6.54 Å². The molecule has 0 aliphatic carbocycles. The van der Waals surface area contributed by atoms with Gasteiger partial charge in [0.25, 0.3) is 0 Å². The minimum atomic E-state index is -0.705. The molecule has 6 nitrogen and oxygen atoms in total. The first-order valence-electron chi connectivity index (χ1n) is 9.64. The third-order valence-electron chi connectivity index (χ3n) is 4.22. The highest BCUT2D eigenvalue weighted by atomic mass is 19.1. The standard InChI is InChI=1S/C24H20F2N6/c1-4-5-17(12-27-3)6-7-21-22(26)24(32-15-31-21)30-14-18-11-20(25)23(29-13-18)19-8-9-28-16(2)10-19/h4-5,8-13,15H,3,14H2,1-2H3,(H,30,31,32)/b5-4-,17-12+. The van der Waals surface area contributed by atoms with Crippen LogP contribution < -0.4 is 5.32 Å². The molecular weight excluding hydrogens is 410 g/mol. The first-order chi connectivity index (χ1) is 15.5. The highest BCUT2D eigenvalue weighted by molar-refractivity contribution is 5.60. The number of nitrogens with zero attached hydrogens (tertiary/aromatic N) is 5. The van der Waals surface area contributed by atoms with Crippen LogP contribution >= 0.6 is 0 Å². The van der Waals surface area contributed by atoms with Crippen LogP contribution in [0.25, 0.3) is 11.3 Å². The minimum absolute atomic E-state index is 0.0445. The van der Waals surface area contributed by atoms with Gasteiger partial charge in [-0.25, -0.2) is 14.4 Å². The number of anilines is 1.